The number of nitrogens with one attached hydrogen (secondary N) is 1. The lowest BCUT2D eigenvalue weighted by Crippen LogP contribution is -2.50. The van der Waals surface area contributed by atoms with Gasteiger partial charge in [-0.2, -0.15) is 0 Å². The third kappa shape index (κ3) is 6.44. The van der Waals surface area contributed by atoms with E-state index < -0.39 is 6.04 Å². The van der Waals surface area contributed by atoms with E-state index in [1.807, 2.05) is 68.4 Å². The molecule has 0 spiro atoms. The lowest BCUT2D eigenvalue weighted by Gasteiger charge is -2.28. The fraction of sp³-hybridized carbons (Fsp3) is 0.364. The Morgan fingerprint density at radius 3 is 2.52 bits per heavy atom. The number of hydrogen-bond donors (Lipinski definition) is 1. The molecule has 2 rings (SSSR count). The number of hydrogen-bond acceptors (Lipinski definition) is 3. The molecule has 0 aliphatic rings. The lowest BCUT2D eigenvalue weighted by atomic mass is 10.1. The van der Waals surface area contributed by atoms with Crippen molar-refractivity contribution in [3.63, 3.8) is 0 Å². The summed E-state index contributed by atoms with van der Waals surface area (Å²) in [6, 6.07) is 16.9. The minimum Gasteiger partial charge on any atom is -0.484 e. The Morgan fingerprint density at radius 1 is 1.11 bits per heavy atom. The number of carbonyl (C=O) groups excluding carboxylic acids is 2. The number of nitrogens with zero attached hydrogens (tertiary/aromatic N) is 1. The molecule has 5 nitrogen and oxygen atoms in total. The van der Waals surface area contributed by atoms with Gasteiger partial charge in [-0.25, -0.2) is 0 Å². The third-order valence-electron chi connectivity index (χ3n) is 4.35. The van der Waals surface area contributed by atoms with Gasteiger partial charge in [-0.05, 0) is 50.5 Å². The van der Waals surface area contributed by atoms with Gasteiger partial charge in [0.1, 0.15) is 11.8 Å². The van der Waals surface area contributed by atoms with Crippen molar-refractivity contribution in [2.24, 2.45) is 0 Å². The van der Waals surface area contributed by atoms with Gasteiger partial charge in [0.05, 0.1) is 0 Å². The Bertz CT molecular complexity index is 746. The van der Waals surface area contributed by atoms with Gasteiger partial charge in [-0.1, -0.05) is 42.5 Å². The summed E-state index contributed by atoms with van der Waals surface area (Å²) in [4.78, 5) is 26.7. The molecule has 0 aliphatic heterocycles. The molecule has 2 amide bonds. The number of benzene rings is 2. The summed E-state index contributed by atoms with van der Waals surface area (Å²) >= 11 is 0. The SMILES string of the molecule is CCNC(=O)[C@H](C)N(CCc1ccccc1)C(=O)COc1cccc(C)c1. The average Bonchev–Trinajstić information content (AvgIpc) is 2.67. The van der Waals surface area contributed by atoms with Gasteiger partial charge in [0.15, 0.2) is 6.61 Å². The van der Waals surface area contributed by atoms with E-state index in [1.165, 1.54) is 0 Å². The number of aryl methyl sites for hydroxylation is 1. The maximum absolute atomic E-state index is 12.8. The fourth-order valence-electron chi connectivity index (χ4n) is 2.83. The van der Waals surface area contributed by atoms with Gasteiger partial charge >= 0.3 is 0 Å². The first-order valence-corrected chi connectivity index (χ1v) is 9.31. The molecule has 0 aromatic heterocycles. The average molecular weight is 368 g/mol. The summed E-state index contributed by atoms with van der Waals surface area (Å²) in [6.07, 6.45) is 0.681. The largest absolute Gasteiger partial charge is 0.484 e. The van der Waals surface area contributed by atoms with Crippen molar-refractivity contribution >= 4 is 11.8 Å². The Kier molecular flexibility index (Phi) is 7.86. The van der Waals surface area contributed by atoms with Crippen LogP contribution in [-0.2, 0) is 16.0 Å². The number of amides is 2. The zero-order valence-corrected chi connectivity index (χ0v) is 16.3. The predicted molar refractivity (Wildman–Crippen MR) is 107 cm³/mol. The Morgan fingerprint density at radius 2 is 1.85 bits per heavy atom. The highest BCUT2D eigenvalue weighted by Gasteiger charge is 2.25. The molecule has 0 heterocycles. The minimum atomic E-state index is -0.553. The second-order valence-corrected chi connectivity index (χ2v) is 6.50. The van der Waals surface area contributed by atoms with Crippen LogP contribution in [0.2, 0.25) is 0 Å². The molecule has 2 aromatic rings. The van der Waals surface area contributed by atoms with Crippen LogP contribution in [0.1, 0.15) is 25.0 Å². The monoisotopic (exact) mass is 368 g/mol. The highest BCUT2D eigenvalue weighted by atomic mass is 16.5. The van der Waals surface area contributed by atoms with Crippen LogP contribution in [0.15, 0.2) is 54.6 Å². The Hall–Kier alpha value is -2.82. The predicted octanol–water partition coefficient (Wildman–Crippen LogP) is 2.97. The summed E-state index contributed by atoms with van der Waals surface area (Å²) in [7, 11) is 0. The van der Waals surface area contributed by atoms with E-state index >= 15 is 0 Å². The highest BCUT2D eigenvalue weighted by Crippen LogP contribution is 2.13. The molecule has 2 aromatic carbocycles. The molecule has 0 saturated heterocycles. The van der Waals surface area contributed by atoms with Crippen molar-refractivity contribution in [3.8, 4) is 5.75 Å². The fourth-order valence-corrected chi connectivity index (χ4v) is 2.83. The molecule has 1 N–H and O–H groups in total. The zero-order valence-electron chi connectivity index (χ0n) is 16.3. The summed E-state index contributed by atoms with van der Waals surface area (Å²) in [5.41, 5.74) is 2.19. The summed E-state index contributed by atoms with van der Waals surface area (Å²) in [6.45, 7) is 6.48. The van der Waals surface area contributed by atoms with Crippen LogP contribution < -0.4 is 10.1 Å². The number of likely N-dealkylation sites (N-methyl/N-ethyl adjacent to an activating group) is 1. The Balaban J connectivity index is 2.04. The van der Waals surface area contributed by atoms with Crippen molar-refractivity contribution in [2.45, 2.75) is 33.2 Å². The molecule has 0 saturated carbocycles. The second-order valence-electron chi connectivity index (χ2n) is 6.50. The molecule has 0 fully saturated rings. The van der Waals surface area contributed by atoms with Crippen molar-refractivity contribution in [2.75, 3.05) is 19.7 Å². The standard InChI is InChI=1S/C22H28N2O3/c1-4-23-22(26)18(3)24(14-13-19-10-6-5-7-11-19)21(25)16-27-20-12-8-9-17(2)15-20/h5-12,15,18H,4,13-14,16H2,1-3H3,(H,23,26)/t18-/m0/s1. The minimum absolute atomic E-state index is 0.0952. The molecular weight excluding hydrogens is 340 g/mol. The van der Waals surface area contributed by atoms with Gasteiger partial charge in [0, 0.05) is 13.1 Å². The molecular formula is C22H28N2O3. The van der Waals surface area contributed by atoms with Gasteiger partial charge in [-0.15, -0.1) is 0 Å². The topological polar surface area (TPSA) is 58.6 Å². The van der Waals surface area contributed by atoms with E-state index in [0.717, 1.165) is 11.1 Å². The highest BCUT2D eigenvalue weighted by molar-refractivity contribution is 5.87. The van der Waals surface area contributed by atoms with Crippen molar-refractivity contribution in [3.05, 3.63) is 65.7 Å². The van der Waals surface area contributed by atoms with Crippen LogP contribution in [0.25, 0.3) is 0 Å². The van der Waals surface area contributed by atoms with Gasteiger partial charge in [0.25, 0.3) is 5.91 Å². The Labute approximate surface area is 161 Å². The van der Waals surface area contributed by atoms with Crippen LogP contribution in [0.5, 0.6) is 5.75 Å². The molecule has 0 bridgehead atoms. The van der Waals surface area contributed by atoms with Crippen LogP contribution in [-0.4, -0.2) is 42.5 Å². The number of rotatable bonds is 9. The maximum Gasteiger partial charge on any atom is 0.261 e. The van der Waals surface area contributed by atoms with E-state index in [-0.39, 0.29) is 18.4 Å². The van der Waals surface area contributed by atoms with E-state index in [1.54, 1.807) is 11.8 Å². The van der Waals surface area contributed by atoms with Crippen LogP contribution in [0.4, 0.5) is 0 Å². The van der Waals surface area contributed by atoms with Gasteiger partial charge < -0.3 is 15.0 Å². The molecule has 0 aliphatic carbocycles. The first kappa shape index (κ1) is 20.5. The van der Waals surface area contributed by atoms with E-state index in [4.69, 9.17) is 4.74 Å². The first-order chi connectivity index (χ1) is 13.0. The molecule has 0 radical (unpaired) electrons. The molecule has 1 atom stereocenters. The first-order valence-electron chi connectivity index (χ1n) is 9.31. The molecule has 0 unspecified atom stereocenters. The number of ether oxygens (including phenoxy) is 1. The zero-order chi connectivity index (χ0) is 19.6. The summed E-state index contributed by atoms with van der Waals surface area (Å²) < 4.78 is 5.65. The van der Waals surface area contributed by atoms with Crippen LogP contribution in [0.3, 0.4) is 0 Å². The molecule has 5 heteroatoms. The van der Waals surface area contributed by atoms with E-state index in [9.17, 15) is 9.59 Å². The normalized spacial score (nSPS) is 11.5. The third-order valence-corrected chi connectivity index (χ3v) is 4.35. The van der Waals surface area contributed by atoms with Crippen molar-refractivity contribution in [1.29, 1.82) is 0 Å². The quantitative estimate of drug-likeness (QED) is 0.740. The van der Waals surface area contributed by atoms with Crippen LogP contribution >= 0.6 is 0 Å². The van der Waals surface area contributed by atoms with Gasteiger partial charge in [-0.3, -0.25) is 9.59 Å². The van der Waals surface area contributed by atoms with Crippen molar-refractivity contribution < 1.29 is 14.3 Å². The second kappa shape index (κ2) is 10.4. The lowest BCUT2D eigenvalue weighted by molar-refractivity contribution is -0.141. The van der Waals surface area contributed by atoms with Crippen molar-refractivity contribution in [1.82, 2.24) is 10.2 Å². The van der Waals surface area contributed by atoms with E-state index in [2.05, 4.69) is 5.32 Å². The molecule has 27 heavy (non-hydrogen) atoms. The van der Waals surface area contributed by atoms with Crippen LogP contribution in [0, 0.1) is 6.92 Å². The van der Waals surface area contributed by atoms with Gasteiger partial charge in [0.2, 0.25) is 5.91 Å². The summed E-state index contributed by atoms with van der Waals surface area (Å²) in [5.74, 6) is 0.290. The summed E-state index contributed by atoms with van der Waals surface area (Å²) in [5, 5.41) is 2.79. The smallest absolute Gasteiger partial charge is 0.261 e. The number of carbonyl (C=O) groups is 2. The maximum atomic E-state index is 12.8. The molecule has 144 valence electrons. The van der Waals surface area contributed by atoms with E-state index in [0.29, 0.717) is 25.3 Å².